The number of aliphatic hydroxyl groups is 1. The highest BCUT2D eigenvalue weighted by atomic mass is 19.1. The highest BCUT2D eigenvalue weighted by Gasteiger charge is 2.21. The van der Waals surface area contributed by atoms with Gasteiger partial charge >= 0.3 is 0 Å². The number of halogens is 1. The molecule has 1 fully saturated rings. The Bertz CT molecular complexity index is 527. The van der Waals surface area contributed by atoms with E-state index in [1.807, 2.05) is 0 Å². The van der Waals surface area contributed by atoms with E-state index in [1.54, 1.807) is 0 Å². The fourth-order valence-electron chi connectivity index (χ4n) is 1.84. The second-order valence-corrected chi connectivity index (χ2v) is 4.64. The Balaban J connectivity index is 2.06. The van der Waals surface area contributed by atoms with Gasteiger partial charge in [-0.3, -0.25) is 4.79 Å². The molecule has 0 spiro atoms. The number of benzene rings is 1. The standard InChI is InChI=1S/C15H16FNO2/c16-13-6-5-12(2-1-9-18)14(10-13)15(19)17-8-7-11-3-4-11/h5-6,10-11,18H,3-4,7-9H2,(H,17,19). The van der Waals surface area contributed by atoms with Gasteiger partial charge in [0.2, 0.25) is 0 Å². The van der Waals surface area contributed by atoms with E-state index >= 15 is 0 Å². The predicted molar refractivity (Wildman–Crippen MR) is 70.0 cm³/mol. The molecule has 1 amide bonds. The molecule has 1 aromatic rings. The van der Waals surface area contributed by atoms with Crippen molar-refractivity contribution >= 4 is 5.91 Å². The summed E-state index contributed by atoms with van der Waals surface area (Å²) < 4.78 is 13.2. The third kappa shape index (κ3) is 4.08. The lowest BCUT2D eigenvalue weighted by Crippen LogP contribution is -2.25. The van der Waals surface area contributed by atoms with Gasteiger partial charge in [-0.2, -0.15) is 0 Å². The predicted octanol–water partition coefficient (Wildman–Crippen LogP) is 1.70. The monoisotopic (exact) mass is 261 g/mol. The second kappa shape index (κ2) is 6.35. The minimum absolute atomic E-state index is 0.219. The van der Waals surface area contributed by atoms with E-state index < -0.39 is 5.82 Å². The van der Waals surface area contributed by atoms with Crippen molar-refractivity contribution in [3.05, 3.63) is 35.1 Å². The van der Waals surface area contributed by atoms with Gasteiger partial charge in [0.15, 0.2) is 0 Å². The number of carbonyl (C=O) groups excluding carboxylic acids is 1. The molecule has 0 heterocycles. The molecule has 1 saturated carbocycles. The fraction of sp³-hybridized carbons (Fsp3) is 0.400. The van der Waals surface area contributed by atoms with Crippen LogP contribution in [0.1, 0.15) is 35.2 Å². The van der Waals surface area contributed by atoms with Gasteiger partial charge in [0.25, 0.3) is 5.91 Å². The van der Waals surface area contributed by atoms with Gasteiger partial charge in [-0.25, -0.2) is 4.39 Å². The molecule has 19 heavy (non-hydrogen) atoms. The first-order chi connectivity index (χ1) is 9.20. The molecule has 100 valence electrons. The molecular weight excluding hydrogens is 245 g/mol. The van der Waals surface area contributed by atoms with Crippen molar-refractivity contribution in [2.24, 2.45) is 5.92 Å². The van der Waals surface area contributed by atoms with Crippen LogP contribution in [0.25, 0.3) is 0 Å². The lowest BCUT2D eigenvalue weighted by Gasteiger charge is -2.07. The Morgan fingerprint density at radius 1 is 1.47 bits per heavy atom. The van der Waals surface area contributed by atoms with Crippen molar-refractivity contribution in [2.75, 3.05) is 13.2 Å². The van der Waals surface area contributed by atoms with E-state index in [0.29, 0.717) is 12.1 Å². The highest BCUT2D eigenvalue weighted by molar-refractivity contribution is 5.96. The summed E-state index contributed by atoms with van der Waals surface area (Å²) in [6.45, 7) is 0.312. The molecule has 4 heteroatoms. The number of amides is 1. The van der Waals surface area contributed by atoms with Crippen LogP contribution in [0.2, 0.25) is 0 Å². The van der Waals surface area contributed by atoms with Gasteiger partial charge in [0.1, 0.15) is 12.4 Å². The molecular formula is C15H16FNO2. The van der Waals surface area contributed by atoms with Crippen molar-refractivity contribution < 1.29 is 14.3 Å². The molecule has 0 saturated heterocycles. The van der Waals surface area contributed by atoms with Crippen molar-refractivity contribution in [2.45, 2.75) is 19.3 Å². The Kier molecular flexibility index (Phi) is 4.53. The summed E-state index contributed by atoms with van der Waals surface area (Å²) >= 11 is 0. The number of hydrogen-bond donors (Lipinski definition) is 2. The quantitative estimate of drug-likeness (QED) is 0.810. The zero-order chi connectivity index (χ0) is 13.7. The van der Waals surface area contributed by atoms with Gasteiger partial charge in [0, 0.05) is 12.1 Å². The van der Waals surface area contributed by atoms with E-state index in [2.05, 4.69) is 17.2 Å². The Morgan fingerprint density at radius 2 is 2.26 bits per heavy atom. The second-order valence-electron chi connectivity index (χ2n) is 4.64. The van der Waals surface area contributed by atoms with E-state index in [4.69, 9.17) is 5.11 Å². The maximum atomic E-state index is 13.2. The molecule has 1 aromatic carbocycles. The van der Waals surface area contributed by atoms with Gasteiger partial charge in [-0.15, -0.1) is 0 Å². The molecule has 2 N–H and O–H groups in total. The molecule has 0 bridgehead atoms. The smallest absolute Gasteiger partial charge is 0.252 e. The third-order valence-electron chi connectivity index (χ3n) is 3.06. The first-order valence-electron chi connectivity index (χ1n) is 6.38. The summed E-state index contributed by atoms with van der Waals surface area (Å²) in [4.78, 5) is 12.0. The van der Waals surface area contributed by atoms with Gasteiger partial charge in [-0.1, -0.05) is 24.7 Å². The summed E-state index contributed by atoms with van der Waals surface area (Å²) in [7, 11) is 0. The van der Waals surface area contributed by atoms with Gasteiger partial charge < -0.3 is 10.4 Å². The highest BCUT2D eigenvalue weighted by Crippen LogP contribution is 2.31. The van der Waals surface area contributed by atoms with Crippen LogP contribution in [0.3, 0.4) is 0 Å². The number of aliphatic hydroxyl groups excluding tert-OH is 1. The van der Waals surface area contributed by atoms with Gasteiger partial charge in [-0.05, 0) is 30.5 Å². The molecule has 0 unspecified atom stereocenters. The first kappa shape index (κ1) is 13.6. The topological polar surface area (TPSA) is 49.3 Å². The van der Waals surface area contributed by atoms with Crippen LogP contribution in [-0.4, -0.2) is 24.2 Å². The van der Waals surface area contributed by atoms with E-state index in [0.717, 1.165) is 12.3 Å². The average molecular weight is 261 g/mol. The van der Waals surface area contributed by atoms with Crippen LogP contribution in [0, 0.1) is 23.6 Å². The molecule has 3 nitrogen and oxygen atoms in total. The van der Waals surface area contributed by atoms with E-state index in [9.17, 15) is 9.18 Å². The lowest BCUT2D eigenvalue weighted by molar-refractivity contribution is 0.0952. The summed E-state index contributed by atoms with van der Waals surface area (Å²) in [5.41, 5.74) is 0.649. The largest absolute Gasteiger partial charge is 0.384 e. The van der Waals surface area contributed by atoms with Crippen molar-refractivity contribution in [3.63, 3.8) is 0 Å². The van der Waals surface area contributed by atoms with E-state index in [1.165, 1.54) is 31.0 Å². The summed E-state index contributed by atoms with van der Waals surface area (Å²) in [5.74, 6) is 5.07. The number of rotatable bonds is 4. The van der Waals surface area contributed by atoms with Gasteiger partial charge in [0.05, 0.1) is 5.56 Å². The molecule has 0 aliphatic heterocycles. The van der Waals surface area contributed by atoms with Crippen LogP contribution in [0.15, 0.2) is 18.2 Å². The summed E-state index contributed by atoms with van der Waals surface area (Å²) in [6.07, 6.45) is 3.45. The molecule has 0 radical (unpaired) electrons. The SMILES string of the molecule is O=C(NCCC1CC1)c1cc(F)ccc1C#CCO. The molecule has 2 rings (SSSR count). The minimum atomic E-state index is -0.470. The van der Waals surface area contributed by atoms with Crippen molar-refractivity contribution in [1.82, 2.24) is 5.32 Å². The lowest BCUT2D eigenvalue weighted by atomic mass is 10.1. The molecule has 0 atom stereocenters. The summed E-state index contributed by atoms with van der Waals surface area (Å²) in [6, 6.07) is 3.88. The van der Waals surface area contributed by atoms with Crippen LogP contribution < -0.4 is 5.32 Å². The zero-order valence-corrected chi connectivity index (χ0v) is 10.6. The number of nitrogens with one attached hydrogen (secondary N) is 1. The molecule has 1 aliphatic carbocycles. The molecule has 0 aromatic heterocycles. The normalized spacial score (nSPS) is 13.6. The summed E-state index contributed by atoms with van der Waals surface area (Å²) in [5, 5.41) is 11.5. The van der Waals surface area contributed by atoms with Crippen LogP contribution >= 0.6 is 0 Å². The fourth-order valence-corrected chi connectivity index (χ4v) is 1.84. The minimum Gasteiger partial charge on any atom is -0.384 e. The number of carbonyl (C=O) groups is 1. The maximum Gasteiger partial charge on any atom is 0.252 e. The average Bonchev–Trinajstić information content (AvgIpc) is 3.21. The van der Waals surface area contributed by atoms with Crippen LogP contribution in [0.4, 0.5) is 4.39 Å². The maximum absolute atomic E-state index is 13.2. The Hall–Kier alpha value is -1.86. The van der Waals surface area contributed by atoms with Crippen LogP contribution in [0.5, 0.6) is 0 Å². The third-order valence-corrected chi connectivity index (χ3v) is 3.06. The molecule has 1 aliphatic rings. The first-order valence-corrected chi connectivity index (χ1v) is 6.38. The number of hydrogen-bond acceptors (Lipinski definition) is 2. The van der Waals surface area contributed by atoms with Crippen molar-refractivity contribution in [1.29, 1.82) is 0 Å². The van der Waals surface area contributed by atoms with Crippen LogP contribution in [-0.2, 0) is 0 Å². The zero-order valence-electron chi connectivity index (χ0n) is 10.6. The van der Waals surface area contributed by atoms with Crippen molar-refractivity contribution in [3.8, 4) is 11.8 Å². The van der Waals surface area contributed by atoms with E-state index in [-0.39, 0.29) is 18.1 Å². The Morgan fingerprint density at radius 3 is 2.95 bits per heavy atom. The Labute approximate surface area is 111 Å².